The number of hydrogen-bond acceptors (Lipinski definition) is 5. The Morgan fingerprint density at radius 1 is 1.03 bits per heavy atom. The van der Waals surface area contributed by atoms with Crippen LogP contribution < -0.4 is 10.5 Å². The van der Waals surface area contributed by atoms with Crippen molar-refractivity contribution in [1.29, 1.82) is 0 Å². The summed E-state index contributed by atoms with van der Waals surface area (Å²) in [5.74, 6) is -0.731. The molecule has 0 aliphatic heterocycles. The number of rotatable bonds is 6. The van der Waals surface area contributed by atoms with E-state index < -0.39 is 10.0 Å². The Labute approximate surface area is 202 Å². The molecule has 33 heavy (non-hydrogen) atoms. The largest absolute Gasteiger partial charge is 0.346 e. The van der Waals surface area contributed by atoms with E-state index in [0.717, 1.165) is 10.0 Å². The molecule has 6 nitrogen and oxygen atoms in total. The van der Waals surface area contributed by atoms with Crippen LogP contribution in [0.2, 0.25) is 0 Å². The van der Waals surface area contributed by atoms with Gasteiger partial charge in [0, 0.05) is 16.6 Å². The minimum Gasteiger partial charge on any atom is -0.346 e. The number of hydrogen-bond donors (Lipinski definition) is 2. The SMILES string of the molecule is NS(=O)(=O)c1ccc(-c2nc(C(=O)NCc3cccc(Br)c3)sc2-c2ccc(F)cc2)cc1. The third kappa shape index (κ3) is 5.53. The van der Waals surface area contributed by atoms with Gasteiger partial charge in [-0.05, 0) is 47.5 Å². The summed E-state index contributed by atoms with van der Waals surface area (Å²) in [6.07, 6.45) is 0. The third-order valence-corrected chi connectivity index (χ3v) is 7.25. The molecule has 0 aliphatic carbocycles. The number of amides is 1. The quantitative estimate of drug-likeness (QED) is 0.357. The average molecular weight is 546 g/mol. The highest BCUT2D eigenvalue weighted by Crippen LogP contribution is 2.37. The summed E-state index contributed by atoms with van der Waals surface area (Å²) in [5.41, 5.74) is 2.70. The van der Waals surface area contributed by atoms with E-state index in [1.165, 1.54) is 35.6 Å². The van der Waals surface area contributed by atoms with Gasteiger partial charge in [0.2, 0.25) is 10.0 Å². The number of benzene rings is 3. The highest BCUT2D eigenvalue weighted by molar-refractivity contribution is 9.10. The van der Waals surface area contributed by atoms with Crippen molar-refractivity contribution in [2.45, 2.75) is 11.4 Å². The van der Waals surface area contributed by atoms with E-state index in [2.05, 4.69) is 26.2 Å². The maximum absolute atomic E-state index is 13.5. The monoisotopic (exact) mass is 545 g/mol. The molecule has 0 fully saturated rings. The van der Waals surface area contributed by atoms with Crippen molar-refractivity contribution in [2.24, 2.45) is 5.14 Å². The molecular weight excluding hydrogens is 529 g/mol. The number of halogens is 2. The Hall–Kier alpha value is -2.92. The van der Waals surface area contributed by atoms with Crippen molar-refractivity contribution in [3.8, 4) is 21.7 Å². The number of nitrogens with one attached hydrogen (secondary N) is 1. The Bertz CT molecular complexity index is 1420. The number of carbonyl (C=O) groups excluding carboxylic acids is 1. The van der Waals surface area contributed by atoms with E-state index in [4.69, 9.17) is 5.14 Å². The minimum atomic E-state index is -3.84. The molecule has 0 bridgehead atoms. The van der Waals surface area contributed by atoms with Gasteiger partial charge in [0.1, 0.15) is 5.82 Å². The van der Waals surface area contributed by atoms with Gasteiger partial charge in [0.05, 0.1) is 15.5 Å². The van der Waals surface area contributed by atoms with Gasteiger partial charge in [0.25, 0.3) is 5.91 Å². The first-order chi connectivity index (χ1) is 15.7. The van der Waals surface area contributed by atoms with Crippen LogP contribution in [0, 0.1) is 5.82 Å². The smallest absolute Gasteiger partial charge is 0.280 e. The summed E-state index contributed by atoms with van der Waals surface area (Å²) in [7, 11) is -3.84. The minimum absolute atomic E-state index is 0.0307. The van der Waals surface area contributed by atoms with Crippen LogP contribution in [0.4, 0.5) is 4.39 Å². The second kappa shape index (κ2) is 9.52. The summed E-state index contributed by atoms with van der Waals surface area (Å²) >= 11 is 4.58. The molecular formula is C23H17BrFN3O3S2. The van der Waals surface area contributed by atoms with Gasteiger partial charge in [-0.15, -0.1) is 11.3 Å². The zero-order valence-electron chi connectivity index (χ0n) is 17.0. The van der Waals surface area contributed by atoms with Crippen molar-refractivity contribution >= 4 is 43.2 Å². The Balaban J connectivity index is 1.69. The molecule has 0 saturated carbocycles. The molecule has 3 N–H and O–H groups in total. The average Bonchev–Trinajstić information content (AvgIpc) is 3.23. The van der Waals surface area contributed by atoms with Crippen molar-refractivity contribution in [2.75, 3.05) is 0 Å². The van der Waals surface area contributed by atoms with E-state index in [1.54, 1.807) is 24.3 Å². The van der Waals surface area contributed by atoms with Crippen molar-refractivity contribution in [3.63, 3.8) is 0 Å². The van der Waals surface area contributed by atoms with Crippen LogP contribution in [0.5, 0.6) is 0 Å². The lowest BCUT2D eigenvalue weighted by molar-refractivity contribution is 0.0950. The molecule has 4 aromatic rings. The number of carbonyl (C=O) groups is 1. The van der Waals surface area contributed by atoms with Crippen LogP contribution in [0.3, 0.4) is 0 Å². The fourth-order valence-corrected chi connectivity index (χ4v) is 5.09. The summed E-state index contributed by atoms with van der Waals surface area (Å²) in [5, 5.41) is 8.27. The lowest BCUT2D eigenvalue weighted by Crippen LogP contribution is -2.22. The van der Waals surface area contributed by atoms with Gasteiger partial charge >= 0.3 is 0 Å². The predicted molar refractivity (Wildman–Crippen MR) is 130 cm³/mol. The number of nitrogens with two attached hydrogens (primary N) is 1. The first-order valence-electron chi connectivity index (χ1n) is 9.63. The molecule has 0 unspecified atom stereocenters. The van der Waals surface area contributed by atoms with Crippen LogP contribution in [-0.2, 0) is 16.6 Å². The molecule has 1 heterocycles. The van der Waals surface area contributed by atoms with E-state index in [1.807, 2.05) is 24.3 Å². The predicted octanol–water partition coefficient (Wildman–Crippen LogP) is 4.96. The Kier molecular flexibility index (Phi) is 6.71. The number of primary sulfonamides is 1. The molecule has 1 aromatic heterocycles. The van der Waals surface area contributed by atoms with Crippen LogP contribution in [0.1, 0.15) is 15.4 Å². The van der Waals surface area contributed by atoms with Gasteiger partial charge in [0.15, 0.2) is 5.01 Å². The second-order valence-corrected chi connectivity index (χ2v) is 10.6. The van der Waals surface area contributed by atoms with Gasteiger partial charge < -0.3 is 5.32 Å². The molecule has 0 spiro atoms. The van der Waals surface area contributed by atoms with Gasteiger partial charge in [-0.25, -0.2) is 22.9 Å². The van der Waals surface area contributed by atoms with E-state index >= 15 is 0 Å². The van der Waals surface area contributed by atoms with Gasteiger partial charge in [-0.3, -0.25) is 4.79 Å². The number of aromatic nitrogens is 1. The van der Waals surface area contributed by atoms with E-state index in [-0.39, 0.29) is 21.6 Å². The lowest BCUT2D eigenvalue weighted by Gasteiger charge is -2.04. The molecule has 0 aliphatic rings. The third-order valence-electron chi connectivity index (χ3n) is 4.73. The fourth-order valence-electron chi connectivity index (χ4n) is 3.12. The molecule has 0 radical (unpaired) electrons. The number of thiazole rings is 1. The molecule has 168 valence electrons. The molecule has 10 heteroatoms. The number of sulfonamides is 1. The lowest BCUT2D eigenvalue weighted by atomic mass is 10.1. The van der Waals surface area contributed by atoms with Crippen LogP contribution in [0.25, 0.3) is 21.7 Å². The van der Waals surface area contributed by atoms with Crippen molar-refractivity contribution in [3.05, 3.63) is 93.7 Å². The maximum Gasteiger partial charge on any atom is 0.280 e. The standard InChI is InChI=1S/C23H17BrFN3O3S2/c24-17-3-1-2-14(12-17)13-27-22(29)23-28-20(15-6-10-19(11-7-15)33(26,30)31)21(32-23)16-4-8-18(25)9-5-16/h1-12H,13H2,(H,27,29)(H2,26,30,31). The second-order valence-electron chi connectivity index (χ2n) is 7.09. The maximum atomic E-state index is 13.5. The topological polar surface area (TPSA) is 102 Å². The summed E-state index contributed by atoms with van der Waals surface area (Å²) in [6.45, 7) is 0.322. The highest BCUT2D eigenvalue weighted by atomic mass is 79.9. The first-order valence-corrected chi connectivity index (χ1v) is 12.8. The summed E-state index contributed by atoms with van der Waals surface area (Å²) < 4.78 is 37.5. The summed E-state index contributed by atoms with van der Waals surface area (Å²) in [6, 6.07) is 19.4. The Morgan fingerprint density at radius 3 is 2.33 bits per heavy atom. The van der Waals surface area contributed by atoms with Crippen LogP contribution in [-0.4, -0.2) is 19.3 Å². The van der Waals surface area contributed by atoms with Crippen LogP contribution in [0.15, 0.2) is 82.2 Å². The first kappa shape index (κ1) is 23.2. The van der Waals surface area contributed by atoms with Crippen LogP contribution >= 0.6 is 27.3 Å². The zero-order valence-corrected chi connectivity index (χ0v) is 20.2. The normalized spacial score (nSPS) is 11.4. The van der Waals surface area contributed by atoms with E-state index in [9.17, 15) is 17.6 Å². The summed E-state index contributed by atoms with van der Waals surface area (Å²) in [4.78, 5) is 18.0. The molecule has 0 atom stereocenters. The van der Waals surface area contributed by atoms with Gasteiger partial charge in [-0.2, -0.15) is 0 Å². The van der Waals surface area contributed by atoms with Crippen molar-refractivity contribution < 1.29 is 17.6 Å². The fraction of sp³-hybridized carbons (Fsp3) is 0.0435. The molecule has 4 rings (SSSR count). The number of nitrogens with zero attached hydrogens (tertiary/aromatic N) is 1. The molecule has 1 amide bonds. The van der Waals surface area contributed by atoms with E-state index in [0.29, 0.717) is 28.2 Å². The van der Waals surface area contributed by atoms with Crippen molar-refractivity contribution in [1.82, 2.24) is 10.3 Å². The Morgan fingerprint density at radius 2 is 1.70 bits per heavy atom. The zero-order chi connectivity index (χ0) is 23.6. The molecule has 0 saturated heterocycles. The highest BCUT2D eigenvalue weighted by Gasteiger charge is 2.20. The van der Waals surface area contributed by atoms with Gasteiger partial charge in [-0.1, -0.05) is 52.3 Å². The molecule has 3 aromatic carbocycles.